The van der Waals surface area contributed by atoms with Crippen LogP contribution in [0.25, 0.3) is 23.2 Å². The summed E-state index contributed by atoms with van der Waals surface area (Å²) in [6.45, 7) is 0.619. The second-order valence-corrected chi connectivity index (χ2v) is 7.27. The Hall–Kier alpha value is -3.59. The fourth-order valence-corrected chi connectivity index (χ4v) is 3.77. The first-order valence-electron chi connectivity index (χ1n) is 9.95. The van der Waals surface area contributed by atoms with E-state index in [4.69, 9.17) is 9.73 Å². The molecule has 3 aromatic carbocycles. The van der Waals surface area contributed by atoms with Gasteiger partial charge in [0.15, 0.2) is 0 Å². The topological polar surface area (TPSA) is 26.5 Å². The Morgan fingerprint density at radius 2 is 1.62 bits per heavy atom. The van der Waals surface area contributed by atoms with E-state index in [0.717, 1.165) is 29.1 Å². The van der Waals surface area contributed by atoms with Gasteiger partial charge in [-0.05, 0) is 35.8 Å². The third kappa shape index (κ3) is 3.72. The molecule has 0 N–H and O–H groups in total. The number of aliphatic imine (C=N–C) groups is 1. The fourth-order valence-electron chi connectivity index (χ4n) is 3.77. The van der Waals surface area contributed by atoms with Crippen LogP contribution in [0.1, 0.15) is 16.8 Å². The van der Waals surface area contributed by atoms with Crippen LogP contribution in [0.15, 0.2) is 96.0 Å². The van der Waals surface area contributed by atoms with Crippen LogP contribution in [0, 0.1) is 0 Å². The van der Waals surface area contributed by atoms with Gasteiger partial charge in [0.1, 0.15) is 12.3 Å². The lowest BCUT2D eigenvalue weighted by atomic mass is 10.1. The van der Waals surface area contributed by atoms with E-state index in [1.54, 1.807) is 0 Å². The molecule has 3 nitrogen and oxygen atoms in total. The number of nitrogens with zero attached hydrogens (tertiary/aromatic N) is 2. The molecule has 0 amide bonds. The van der Waals surface area contributed by atoms with Crippen molar-refractivity contribution in [2.24, 2.45) is 4.99 Å². The lowest BCUT2D eigenvalue weighted by molar-refractivity contribution is 0.316. The van der Waals surface area contributed by atoms with E-state index in [0.29, 0.717) is 6.61 Å². The van der Waals surface area contributed by atoms with E-state index in [-0.39, 0.29) is 6.04 Å². The summed E-state index contributed by atoms with van der Waals surface area (Å²) in [5, 5.41) is 1.18. The van der Waals surface area contributed by atoms with Crippen LogP contribution < -0.4 is 0 Å². The molecule has 0 aliphatic carbocycles. The van der Waals surface area contributed by atoms with Gasteiger partial charge in [-0.2, -0.15) is 0 Å². The Morgan fingerprint density at radius 1 is 0.897 bits per heavy atom. The molecule has 0 saturated carbocycles. The van der Waals surface area contributed by atoms with Crippen molar-refractivity contribution in [1.29, 1.82) is 0 Å². The highest BCUT2D eigenvalue weighted by molar-refractivity contribution is 6.01. The van der Waals surface area contributed by atoms with Gasteiger partial charge in [0.05, 0.1) is 11.6 Å². The number of fused-ring (bicyclic) bond motifs is 1. The van der Waals surface area contributed by atoms with E-state index in [9.17, 15) is 0 Å². The zero-order chi connectivity index (χ0) is 19.5. The van der Waals surface area contributed by atoms with Crippen LogP contribution in [0.5, 0.6) is 0 Å². The Morgan fingerprint density at radius 3 is 2.45 bits per heavy atom. The van der Waals surface area contributed by atoms with E-state index in [1.165, 1.54) is 10.9 Å². The van der Waals surface area contributed by atoms with E-state index < -0.39 is 0 Å². The van der Waals surface area contributed by atoms with Crippen LogP contribution in [0.4, 0.5) is 0 Å². The molecule has 1 aliphatic rings. The largest absolute Gasteiger partial charge is 0.474 e. The molecule has 2 heterocycles. The summed E-state index contributed by atoms with van der Waals surface area (Å²) >= 11 is 0. The summed E-state index contributed by atoms with van der Waals surface area (Å²) in [5.41, 5.74) is 4.59. The van der Waals surface area contributed by atoms with Gasteiger partial charge in [0, 0.05) is 11.6 Å². The number of rotatable bonds is 5. The maximum Gasteiger partial charge on any atom is 0.234 e. The minimum absolute atomic E-state index is 0.150. The highest BCUT2D eigenvalue weighted by Crippen LogP contribution is 2.24. The molecule has 3 heteroatoms. The van der Waals surface area contributed by atoms with E-state index in [1.807, 2.05) is 24.3 Å². The zero-order valence-electron chi connectivity index (χ0n) is 16.1. The Bertz CT molecular complexity index is 1170. The van der Waals surface area contributed by atoms with Gasteiger partial charge in [-0.1, -0.05) is 78.9 Å². The van der Waals surface area contributed by atoms with Crippen molar-refractivity contribution in [3.8, 4) is 0 Å². The average molecular weight is 378 g/mol. The quantitative estimate of drug-likeness (QED) is 0.440. The lowest BCUT2D eigenvalue weighted by Gasteiger charge is -2.05. The minimum atomic E-state index is 0.150. The molecule has 0 radical (unpaired) electrons. The second-order valence-electron chi connectivity index (χ2n) is 7.27. The van der Waals surface area contributed by atoms with Gasteiger partial charge in [0.25, 0.3) is 0 Å². The average Bonchev–Trinajstić information content (AvgIpc) is 3.38. The summed E-state index contributed by atoms with van der Waals surface area (Å²) < 4.78 is 8.21. The molecule has 1 atom stereocenters. The lowest BCUT2D eigenvalue weighted by Crippen LogP contribution is -2.09. The summed E-state index contributed by atoms with van der Waals surface area (Å²) in [6.07, 6.45) is 5.11. The molecule has 29 heavy (non-hydrogen) atoms. The van der Waals surface area contributed by atoms with Gasteiger partial charge < -0.3 is 9.30 Å². The Kier molecular flexibility index (Phi) is 4.71. The SMILES string of the molecule is C(=C\n1c(C2=N[C@@H](Cc3ccccc3)CO2)cc2ccccc21)/c1ccccc1. The van der Waals surface area contributed by atoms with Gasteiger partial charge >= 0.3 is 0 Å². The van der Waals surface area contributed by atoms with Crippen molar-refractivity contribution in [3.63, 3.8) is 0 Å². The van der Waals surface area contributed by atoms with Crippen molar-refractivity contribution < 1.29 is 4.74 Å². The molecule has 0 bridgehead atoms. The number of ether oxygens (including phenoxy) is 1. The maximum absolute atomic E-state index is 6.04. The van der Waals surface area contributed by atoms with Crippen molar-refractivity contribution >= 4 is 29.1 Å². The third-order valence-electron chi connectivity index (χ3n) is 5.21. The normalized spacial score (nSPS) is 16.3. The minimum Gasteiger partial charge on any atom is -0.474 e. The molecule has 4 aromatic rings. The van der Waals surface area contributed by atoms with Gasteiger partial charge in [-0.25, -0.2) is 4.99 Å². The molecule has 142 valence electrons. The molecule has 0 saturated heterocycles. The van der Waals surface area contributed by atoms with Gasteiger partial charge in [0.2, 0.25) is 5.90 Å². The second kappa shape index (κ2) is 7.80. The molecule has 0 spiro atoms. The first-order chi connectivity index (χ1) is 14.4. The summed E-state index contributed by atoms with van der Waals surface area (Å²) in [6, 6.07) is 31.5. The summed E-state index contributed by atoms with van der Waals surface area (Å²) in [7, 11) is 0. The monoisotopic (exact) mass is 378 g/mol. The predicted octanol–water partition coefficient (Wildman–Crippen LogP) is 5.66. The highest BCUT2D eigenvalue weighted by Gasteiger charge is 2.23. The van der Waals surface area contributed by atoms with Crippen LogP contribution in [-0.2, 0) is 11.2 Å². The van der Waals surface area contributed by atoms with Crippen LogP contribution >= 0.6 is 0 Å². The number of benzene rings is 3. The molecule has 1 aromatic heterocycles. The van der Waals surface area contributed by atoms with Crippen LogP contribution in [0.3, 0.4) is 0 Å². The van der Waals surface area contributed by atoms with Crippen molar-refractivity contribution in [1.82, 2.24) is 4.57 Å². The molecule has 0 unspecified atom stereocenters. The Labute approximate surface area is 170 Å². The number of aromatic nitrogens is 1. The molecule has 5 rings (SSSR count). The highest BCUT2D eigenvalue weighted by atomic mass is 16.5. The summed E-state index contributed by atoms with van der Waals surface area (Å²) in [5.74, 6) is 0.722. The van der Waals surface area contributed by atoms with Gasteiger partial charge in [-0.15, -0.1) is 0 Å². The molecule has 1 aliphatic heterocycles. The van der Waals surface area contributed by atoms with Crippen LogP contribution in [-0.4, -0.2) is 23.1 Å². The summed E-state index contributed by atoms with van der Waals surface area (Å²) in [4.78, 5) is 4.90. The molecule has 0 fully saturated rings. The molecular formula is C26H22N2O. The van der Waals surface area contributed by atoms with Crippen molar-refractivity contribution in [2.75, 3.05) is 6.61 Å². The number of hydrogen-bond donors (Lipinski definition) is 0. The van der Waals surface area contributed by atoms with Crippen molar-refractivity contribution in [3.05, 3.63) is 108 Å². The van der Waals surface area contributed by atoms with Gasteiger partial charge in [-0.3, -0.25) is 0 Å². The van der Waals surface area contributed by atoms with Crippen molar-refractivity contribution in [2.45, 2.75) is 12.5 Å². The van der Waals surface area contributed by atoms with Crippen LogP contribution in [0.2, 0.25) is 0 Å². The Balaban J connectivity index is 1.50. The molecular weight excluding hydrogens is 356 g/mol. The first kappa shape index (κ1) is 17.5. The smallest absolute Gasteiger partial charge is 0.234 e. The predicted molar refractivity (Wildman–Crippen MR) is 120 cm³/mol. The maximum atomic E-state index is 6.04. The number of para-hydroxylation sites is 1. The first-order valence-corrected chi connectivity index (χ1v) is 9.95. The zero-order valence-corrected chi connectivity index (χ0v) is 16.1. The third-order valence-corrected chi connectivity index (χ3v) is 5.21. The number of hydrogen-bond acceptors (Lipinski definition) is 2. The fraction of sp³-hybridized carbons (Fsp3) is 0.115. The van der Waals surface area contributed by atoms with E-state index >= 15 is 0 Å². The van der Waals surface area contributed by atoms with E-state index in [2.05, 4.69) is 83.6 Å². The standard InChI is InChI=1S/C26H22N2O/c1-3-9-20(10-4-1)15-16-28-24-14-8-7-13-22(24)18-25(28)26-27-23(19-29-26)17-21-11-5-2-6-12-21/h1-16,18,23H,17,19H2/b16-15+/t23-/m0/s1.